The zero-order valence-corrected chi connectivity index (χ0v) is 15.4. The summed E-state index contributed by atoms with van der Waals surface area (Å²) in [5, 5.41) is 0. The number of alkyl halides is 7. The summed E-state index contributed by atoms with van der Waals surface area (Å²) in [7, 11) is 1.23. The molecular formula is C20H18F7O. The van der Waals surface area contributed by atoms with Crippen LogP contribution in [-0.2, 0) is 18.5 Å². The Kier molecular flexibility index (Phi) is 6.01. The van der Waals surface area contributed by atoms with Crippen molar-refractivity contribution in [3.8, 4) is 16.9 Å². The van der Waals surface area contributed by atoms with Gasteiger partial charge in [0.2, 0.25) is 0 Å². The van der Waals surface area contributed by atoms with Gasteiger partial charge in [0.15, 0.2) is 0 Å². The van der Waals surface area contributed by atoms with Crippen LogP contribution >= 0.6 is 0 Å². The fourth-order valence-corrected chi connectivity index (χ4v) is 3.05. The molecule has 0 bridgehead atoms. The summed E-state index contributed by atoms with van der Waals surface area (Å²) in [5.41, 5.74) is -7.50. The maximum absolute atomic E-state index is 15.0. The summed E-state index contributed by atoms with van der Waals surface area (Å²) in [6.07, 6.45) is -12.3. The first kappa shape index (κ1) is 22.0. The molecule has 1 radical (unpaired) electrons. The second kappa shape index (κ2) is 7.64. The summed E-state index contributed by atoms with van der Waals surface area (Å²) in [5.74, 6) is 0.0304. The third-order valence-corrected chi connectivity index (χ3v) is 4.46. The van der Waals surface area contributed by atoms with Crippen LogP contribution < -0.4 is 4.74 Å². The molecule has 8 heteroatoms. The average Bonchev–Trinajstić information content (AvgIpc) is 2.64. The number of rotatable bonds is 5. The lowest BCUT2D eigenvalue weighted by Gasteiger charge is -2.33. The van der Waals surface area contributed by atoms with E-state index in [2.05, 4.69) is 6.07 Å². The lowest BCUT2D eigenvalue weighted by molar-refractivity contribution is -0.348. The maximum Gasteiger partial charge on any atom is 0.435 e. The molecule has 0 N–H and O–H groups in total. The van der Waals surface area contributed by atoms with Gasteiger partial charge >= 0.3 is 18.0 Å². The highest BCUT2D eigenvalue weighted by molar-refractivity contribution is 5.78. The molecule has 2 rings (SSSR count). The smallest absolute Gasteiger partial charge is 0.435 e. The highest BCUT2D eigenvalue weighted by Crippen LogP contribution is 2.56. The number of ether oxygens (including phenoxy) is 1. The minimum Gasteiger partial charge on any atom is -0.496 e. The molecule has 2 aromatic rings. The first-order valence-corrected chi connectivity index (χ1v) is 8.46. The zero-order chi connectivity index (χ0) is 21.3. The van der Waals surface area contributed by atoms with E-state index in [-0.39, 0.29) is 35.3 Å². The molecule has 0 unspecified atom stereocenters. The predicted octanol–water partition coefficient (Wildman–Crippen LogP) is 6.58. The van der Waals surface area contributed by atoms with Gasteiger partial charge in [0, 0.05) is 11.1 Å². The van der Waals surface area contributed by atoms with E-state index in [1.807, 2.05) is 0 Å². The lowest BCUT2D eigenvalue weighted by Crippen LogP contribution is -2.50. The van der Waals surface area contributed by atoms with Crippen molar-refractivity contribution in [2.24, 2.45) is 0 Å². The van der Waals surface area contributed by atoms with Gasteiger partial charge in [-0.25, -0.2) is 4.39 Å². The molecule has 2 aromatic carbocycles. The van der Waals surface area contributed by atoms with Gasteiger partial charge in [0.1, 0.15) is 5.75 Å². The Morgan fingerprint density at radius 2 is 1.46 bits per heavy atom. The second-order valence-corrected chi connectivity index (χ2v) is 6.12. The summed E-state index contributed by atoms with van der Waals surface area (Å²) in [6, 6.07) is 9.03. The number of para-hydroxylation sites is 1. The van der Waals surface area contributed by atoms with Crippen molar-refractivity contribution in [1.82, 2.24) is 0 Å². The number of hydrogen-bond donors (Lipinski definition) is 0. The van der Waals surface area contributed by atoms with Crippen LogP contribution in [0.5, 0.6) is 5.75 Å². The van der Waals surface area contributed by atoms with Crippen molar-refractivity contribution in [3.05, 3.63) is 53.1 Å². The van der Waals surface area contributed by atoms with Gasteiger partial charge in [-0.2, -0.15) is 26.3 Å². The highest BCUT2D eigenvalue weighted by Gasteiger charge is 2.74. The number of halogens is 7. The van der Waals surface area contributed by atoms with E-state index in [1.165, 1.54) is 31.4 Å². The van der Waals surface area contributed by atoms with E-state index in [0.29, 0.717) is 6.07 Å². The van der Waals surface area contributed by atoms with Gasteiger partial charge in [-0.3, -0.25) is 0 Å². The molecular weight excluding hydrogens is 389 g/mol. The number of aryl methyl sites for hydroxylation is 2. The van der Waals surface area contributed by atoms with E-state index >= 15 is 4.39 Å². The van der Waals surface area contributed by atoms with Crippen LogP contribution in [0.3, 0.4) is 0 Å². The highest BCUT2D eigenvalue weighted by atomic mass is 19.4. The van der Waals surface area contributed by atoms with E-state index in [0.717, 1.165) is 0 Å². The fourth-order valence-electron chi connectivity index (χ4n) is 3.05. The maximum atomic E-state index is 15.0. The van der Waals surface area contributed by atoms with Crippen LogP contribution in [0.2, 0.25) is 0 Å². The molecule has 0 amide bonds. The van der Waals surface area contributed by atoms with Crippen LogP contribution in [0.4, 0.5) is 30.7 Å². The van der Waals surface area contributed by atoms with Crippen LogP contribution in [0.25, 0.3) is 11.1 Å². The summed E-state index contributed by atoms with van der Waals surface area (Å²) in [4.78, 5) is 0. The molecule has 0 spiro atoms. The number of hydrogen-bond acceptors (Lipinski definition) is 1. The van der Waals surface area contributed by atoms with Gasteiger partial charge in [-0.15, -0.1) is 0 Å². The molecule has 0 aliphatic rings. The molecule has 0 aliphatic carbocycles. The molecule has 0 saturated carbocycles. The normalized spacial score (nSPS) is 12.9. The van der Waals surface area contributed by atoms with Crippen molar-refractivity contribution in [3.63, 3.8) is 0 Å². The monoisotopic (exact) mass is 407 g/mol. The molecule has 0 saturated heterocycles. The second-order valence-electron chi connectivity index (χ2n) is 6.12. The van der Waals surface area contributed by atoms with Crippen LogP contribution in [-0.4, -0.2) is 19.5 Å². The summed E-state index contributed by atoms with van der Waals surface area (Å²) >= 11 is 0. The molecule has 1 nitrogen and oxygen atoms in total. The minimum absolute atomic E-state index is 0.0304. The van der Waals surface area contributed by atoms with Crippen molar-refractivity contribution < 1.29 is 35.5 Å². The summed E-state index contributed by atoms with van der Waals surface area (Å²) in [6.45, 7) is 3.09. The first-order valence-electron chi connectivity index (χ1n) is 8.46. The Hall–Kier alpha value is -2.25. The van der Waals surface area contributed by atoms with Crippen molar-refractivity contribution >= 4 is 0 Å². The number of methoxy groups -OCH3 is 1. The standard InChI is InChI=1S/C20H18F7O/c1-4-12-10-13(5-2)17(14-8-6-7-9-16(14)28-3)15(11-12)18(21,19(22,23)24)20(25,26)27/h6-9,11H,4-5H2,1-3H3. The Morgan fingerprint density at radius 3 is 1.93 bits per heavy atom. The van der Waals surface area contributed by atoms with Crippen molar-refractivity contribution in [2.75, 3.05) is 7.11 Å². The Labute approximate surface area is 158 Å². The molecule has 28 heavy (non-hydrogen) atoms. The van der Waals surface area contributed by atoms with Crippen LogP contribution in [0, 0.1) is 6.07 Å². The third kappa shape index (κ3) is 3.56. The minimum atomic E-state index is -6.21. The Balaban J connectivity index is 3.05. The van der Waals surface area contributed by atoms with Gasteiger partial charge < -0.3 is 4.74 Å². The van der Waals surface area contributed by atoms with Gasteiger partial charge in [0.25, 0.3) is 0 Å². The van der Waals surface area contributed by atoms with Crippen LogP contribution in [0.1, 0.15) is 30.5 Å². The fraction of sp³-hybridized carbons (Fsp3) is 0.400. The van der Waals surface area contributed by atoms with Gasteiger partial charge in [-0.1, -0.05) is 38.1 Å². The molecule has 153 valence electrons. The van der Waals surface area contributed by atoms with Crippen LogP contribution in [0.15, 0.2) is 30.3 Å². The van der Waals surface area contributed by atoms with Crippen molar-refractivity contribution in [2.45, 2.75) is 44.7 Å². The van der Waals surface area contributed by atoms with E-state index in [1.54, 1.807) is 13.8 Å². The molecule has 0 aliphatic heterocycles. The third-order valence-electron chi connectivity index (χ3n) is 4.46. The molecule has 0 atom stereocenters. The predicted molar refractivity (Wildman–Crippen MR) is 90.9 cm³/mol. The lowest BCUT2D eigenvalue weighted by atomic mass is 9.82. The Morgan fingerprint density at radius 1 is 0.893 bits per heavy atom. The van der Waals surface area contributed by atoms with E-state index in [9.17, 15) is 26.3 Å². The zero-order valence-electron chi connectivity index (χ0n) is 15.4. The van der Waals surface area contributed by atoms with E-state index in [4.69, 9.17) is 4.74 Å². The van der Waals surface area contributed by atoms with Gasteiger partial charge in [0.05, 0.1) is 7.11 Å². The molecule has 0 fully saturated rings. The summed E-state index contributed by atoms with van der Waals surface area (Å²) < 4.78 is 101. The topological polar surface area (TPSA) is 9.23 Å². The van der Waals surface area contributed by atoms with E-state index < -0.39 is 29.1 Å². The largest absolute Gasteiger partial charge is 0.496 e. The number of benzene rings is 2. The van der Waals surface area contributed by atoms with Gasteiger partial charge in [-0.05, 0) is 41.7 Å². The Bertz CT molecular complexity index is 823. The SMILES string of the molecule is CCc1[c]c(CC)c(-c2ccccc2OC)c(C(F)(C(F)(F)F)C(F)(F)F)c1. The average molecular weight is 407 g/mol. The molecule has 0 aromatic heterocycles. The quantitative estimate of drug-likeness (QED) is 0.509. The first-order chi connectivity index (χ1) is 12.9. The van der Waals surface area contributed by atoms with Crippen molar-refractivity contribution in [1.29, 1.82) is 0 Å². The molecule has 0 heterocycles.